The smallest absolute Gasteiger partial charge is 0.416 e. The number of benzene rings is 2. The molecule has 5 rings (SSSR count). The molecular weight excluding hydrogens is 559 g/mol. The number of nitrogens with zero attached hydrogens (tertiary/aromatic N) is 7. The highest BCUT2D eigenvalue weighted by molar-refractivity contribution is 5.83. The number of likely N-dealkylation sites (N-methyl/N-ethyl adjacent to an activating group) is 1. The molecule has 2 aromatic heterocycles. The van der Waals surface area contributed by atoms with E-state index in [1.54, 1.807) is 0 Å². The van der Waals surface area contributed by atoms with E-state index in [2.05, 4.69) is 35.6 Å². The third-order valence-electron chi connectivity index (χ3n) is 6.63. The molecule has 4 atom stereocenters. The van der Waals surface area contributed by atoms with Crippen LogP contribution in [0.2, 0.25) is 0 Å². The van der Waals surface area contributed by atoms with Crippen molar-refractivity contribution in [3.63, 3.8) is 0 Å². The van der Waals surface area contributed by atoms with Crippen molar-refractivity contribution in [2.75, 3.05) is 12.4 Å². The molecule has 13 nitrogen and oxygen atoms in total. The maximum absolute atomic E-state index is 13.5. The molecule has 3 N–H and O–H groups in total. The van der Waals surface area contributed by atoms with Crippen LogP contribution in [0.4, 0.5) is 19.0 Å². The van der Waals surface area contributed by atoms with Crippen molar-refractivity contribution < 1.29 is 32.5 Å². The average molecular weight is 584 g/mol. The zero-order chi connectivity index (χ0) is 29.9. The van der Waals surface area contributed by atoms with E-state index in [-0.39, 0.29) is 41.4 Å². The average Bonchev–Trinajstić information content (AvgIpc) is 3.56. The van der Waals surface area contributed by atoms with Crippen LogP contribution in [0, 0.1) is 0 Å². The summed E-state index contributed by atoms with van der Waals surface area (Å²) in [5.41, 5.74) is 9.56. The Morgan fingerprint density at radius 3 is 2.71 bits per heavy atom. The minimum absolute atomic E-state index is 0.104. The van der Waals surface area contributed by atoms with E-state index in [0.717, 1.165) is 17.7 Å². The fourth-order valence-electron chi connectivity index (χ4n) is 4.55. The van der Waals surface area contributed by atoms with E-state index in [1.807, 2.05) is 30.3 Å². The quantitative estimate of drug-likeness (QED) is 0.152. The number of aliphatic hydroxyl groups is 1. The number of fused-ring (bicyclic) bond motifs is 1. The zero-order valence-electron chi connectivity index (χ0n) is 21.9. The van der Waals surface area contributed by atoms with Crippen LogP contribution in [-0.2, 0) is 28.9 Å². The second kappa shape index (κ2) is 11.9. The van der Waals surface area contributed by atoms with Gasteiger partial charge in [-0.15, -0.1) is 0 Å². The van der Waals surface area contributed by atoms with Crippen LogP contribution < -0.4 is 15.4 Å². The molecule has 0 aliphatic carbocycles. The molecule has 1 aliphatic rings. The van der Waals surface area contributed by atoms with E-state index in [1.165, 1.54) is 30.3 Å². The molecule has 1 amide bonds. The van der Waals surface area contributed by atoms with Gasteiger partial charge in [0.05, 0.1) is 11.9 Å². The van der Waals surface area contributed by atoms with Gasteiger partial charge in [-0.05, 0) is 29.3 Å². The van der Waals surface area contributed by atoms with E-state index in [9.17, 15) is 23.1 Å². The monoisotopic (exact) mass is 583 g/mol. The maximum Gasteiger partial charge on any atom is 0.416 e. The third kappa shape index (κ3) is 5.76. The summed E-state index contributed by atoms with van der Waals surface area (Å²) >= 11 is 0. The molecule has 1 saturated heterocycles. The summed E-state index contributed by atoms with van der Waals surface area (Å²) in [6.45, 7) is 0.0479. The van der Waals surface area contributed by atoms with E-state index < -0.39 is 42.1 Å². The summed E-state index contributed by atoms with van der Waals surface area (Å²) in [5.74, 6) is -0.157. The van der Waals surface area contributed by atoms with Gasteiger partial charge < -0.3 is 25.2 Å². The molecule has 0 unspecified atom stereocenters. The SMILES string of the molecule is CNC(=O)[C@H]1O[C@@H](n2cnc3c(NCc4cc(C(F)(F)F)ccc4OCc4ccccc4)ncnc32)[C@H](O)[C@@H]1N=[N+]=[N-]. The largest absolute Gasteiger partial charge is 0.489 e. The Bertz CT molecular complexity index is 1630. The number of nitrogens with one attached hydrogen (secondary N) is 2. The van der Waals surface area contributed by atoms with Crippen LogP contribution in [-0.4, -0.2) is 55.8 Å². The molecule has 42 heavy (non-hydrogen) atoms. The topological polar surface area (TPSA) is 172 Å². The van der Waals surface area contributed by atoms with Crippen molar-refractivity contribution >= 4 is 22.9 Å². The van der Waals surface area contributed by atoms with Crippen molar-refractivity contribution in [2.24, 2.45) is 5.11 Å². The van der Waals surface area contributed by atoms with Crippen molar-refractivity contribution in [3.8, 4) is 5.75 Å². The first-order valence-corrected chi connectivity index (χ1v) is 12.6. The molecule has 4 aromatic rings. The normalized spacial score (nSPS) is 20.2. The number of alkyl halides is 3. The van der Waals surface area contributed by atoms with Crippen molar-refractivity contribution in [3.05, 3.63) is 88.3 Å². The Labute approximate surface area is 235 Å². The number of imidazole rings is 1. The molecular formula is C26H24F3N9O4. The van der Waals surface area contributed by atoms with Crippen LogP contribution in [0.1, 0.15) is 22.9 Å². The summed E-state index contributed by atoms with van der Waals surface area (Å²) in [6, 6.07) is 11.2. The van der Waals surface area contributed by atoms with Crippen molar-refractivity contribution in [2.45, 2.75) is 43.8 Å². The number of halogens is 3. The summed E-state index contributed by atoms with van der Waals surface area (Å²) in [5, 5.41) is 19.7. The lowest BCUT2D eigenvalue weighted by Crippen LogP contribution is -2.40. The third-order valence-corrected chi connectivity index (χ3v) is 6.63. The molecule has 1 fully saturated rings. The lowest BCUT2D eigenvalue weighted by molar-refractivity contribution is -0.137. The number of azide groups is 1. The Morgan fingerprint density at radius 1 is 1.21 bits per heavy atom. The second-order valence-electron chi connectivity index (χ2n) is 9.24. The van der Waals surface area contributed by atoms with Gasteiger partial charge in [-0.25, -0.2) is 15.0 Å². The van der Waals surface area contributed by atoms with Crippen LogP contribution in [0.25, 0.3) is 21.6 Å². The molecule has 0 spiro atoms. The number of rotatable bonds is 9. The first-order valence-electron chi connectivity index (χ1n) is 12.6. The Morgan fingerprint density at radius 2 is 2.00 bits per heavy atom. The van der Waals surface area contributed by atoms with Gasteiger partial charge in [-0.3, -0.25) is 9.36 Å². The number of aliphatic hydroxyl groups excluding tert-OH is 1. The highest BCUT2D eigenvalue weighted by Crippen LogP contribution is 2.35. The predicted octanol–water partition coefficient (Wildman–Crippen LogP) is 3.72. The summed E-state index contributed by atoms with van der Waals surface area (Å²) in [6.07, 6.45) is -5.92. The highest BCUT2D eigenvalue weighted by Gasteiger charge is 2.48. The molecule has 218 valence electrons. The number of carbonyl (C=O) groups excluding carboxylic acids is 1. The van der Waals surface area contributed by atoms with Crippen molar-refractivity contribution in [1.82, 2.24) is 24.8 Å². The molecule has 1 aliphatic heterocycles. The van der Waals surface area contributed by atoms with Crippen LogP contribution in [0.15, 0.2) is 66.3 Å². The number of hydrogen-bond acceptors (Lipinski definition) is 9. The summed E-state index contributed by atoms with van der Waals surface area (Å²) < 4.78 is 53.4. The first-order chi connectivity index (χ1) is 20.2. The predicted molar refractivity (Wildman–Crippen MR) is 142 cm³/mol. The summed E-state index contributed by atoms with van der Waals surface area (Å²) in [7, 11) is 1.37. The molecule has 0 radical (unpaired) electrons. The van der Waals surface area contributed by atoms with Gasteiger partial charge in [-0.2, -0.15) is 13.2 Å². The standard InChI is InChI=1S/C26H24F3N9O4/c1-31-24(40)21-18(36-37-30)20(39)25(42-21)38-13-35-19-22(33-12-34-23(19)38)32-10-15-9-16(26(27,28)29)7-8-17(15)41-11-14-5-3-2-4-6-14/h2-9,12-13,18,20-21,25,39H,10-11H2,1H3,(H,31,40)(H,32,33,34)/t18-,20+,21-,25+/m0/s1. The van der Waals surface area contributed by atoms with Crippen LogP contribution in [0.3, 0.4) is 0 Å². The Hall–Kier alpha value is -4.92. The van der Waals surface area contributed by atoms with Gasteiger partial charge in [-0.1, -0.05) is 35.4 Å². The van der Waals surface area contributed by atoms with Gasteiger partial charge in [0.25, 0.3) is 0 Å². The highest BCUT2D eigenvalue weighted by atomic mass is 19.4. The van der Waals surface area contributed by atoms with Crippen LogP contribution in [0.5, 0.6) is 5.75 Å². The van der Waals surface area contributed by atoms with Gasteiger partial charge >= 0.3 is 6.18 Å². The molecule has 2 aromatic carbocycles. The fourth-order valence-corrected chi connectivity index (χ4v) is 4.55. The minimum Gasteiger partial charge on any atom is -0.489 e. The van der Waals surface area contributed by atoms with E-state index >= 15 is 0 Å². The molecule has 0 saturated carbocycles. The van der Waals surface area contributed by atoms with Crippen LogP contribution >= 0.6 is 0 Å². The van der Waals surface area contributed by atoms with Gasteiger partial charge in [0, 0.05) is 24.1 Å². The van der Waals surface area contributed by atoms with Gasteiger partial charge in [0.15, 0.2) is 23.2 Å². The number of amides is 1. The Kier molecular flexibility index (Phi) is 8.10. The Balaban J connectivity index is 1.41. The number of ether oxygens (including phenoxy) is 2. The van der Waals surface area contributed by atoms with Gasteiger partial charge in [0.2, 0.25) is 5.91 Å². The molecule has 16 heteroatoms. The summed E-state index contributed by atoms with van der Waals surface area (Å²) in [4.78, 5) is 27.7. The zero-order valence-corrected chi connectivity index (χ0v) is 21.9. The second-order valence-corrected chi connectivity index (χ2v) is 9.24. The lowest BCUT2D eigenvalue weighted by Gasteiger charge is -2.17. The molecule has 3 heterocycles. The van der Waals surface area contributed by atoms with Gasteiger partial charge in [0.1, 0.15) is 36.9 Å². The fraction of sp³-hybridized carbons (Fsp3) is 0.308. The molecule has 0 bridgehead atoms. The number of hydrogen-bond donors (Lipinski definition) is 3. The number of anilines is 1. The number of carbonyl (C=O) groups is 1. The number of aromatic nitrogens is 4. The maximum atomic E-state index is 13.5. The van der Waals surface area contributed by atoms with Crippen molar-refractivity contribution in [1.29, 1.82) is 0 Å². The first kappa shape index (κ1) is 28.6. The van der Waals surface area contributed by atoms with E-state index in [0.29, 0.717) is 0 Å². The van der Waals surface area contributed by atoms with E-state index in [4.69, 9.17) is 15.0 Å². The minimum atomic E-state index is -4.56. The lowest BCUT2D eigenvalue weighted by atomic mass is 10.1.